The summed E-state index contributed by atoms with van der Waals surface area (Å²) in [7, 11) is -3.34. The summed E-state index contributed by atoms with van der Waals surface area (Å²) in [5, 5.41) is 8.98. The molecule has 3 rings (SSSR count). The summed E-state index contributed by atoms with van der Waals surface area (Å²) in [6.07, 6.45) is -0.406. The van der Waals surface area contributed by atoms with Gasteiger partial charge in [0.15, 0.2) is 15.6 Å². The molecule has 0 radical (unpaired) electrons. The van der Waals surface area contributed by atoms with E-state index in [1.165, 1.54) is 36.4 Å². The number of sulfone groups is 1. The average molecular weight is 389 g/mol. The van der Waals surface area contributed by atoms with Crippen LogP contribution in [-0.2, 0) is 21.1 Å². The van der Waals surface area contributed by atoms with Gasteiger partial charge in [0.1, 0.15) is 17.9 Å². The van der Waals surface area contributed by atoms with E-state index in [1.807, 2.05) is 0 Å². The van der Waals surface area contributed by atoms with Crippen molar-refractivity contribution in [3.8, 4) is 22.6 Å². The van der Waals surface area contributed by atoms with Gasteiger partial charge in [-0.05, 0) is 48.5 Å². The highest BCUT2D eigenvalue weighted by atomic mass is 32.2. The highest BCUT2D eigenvalue weighted by molar-refractivity contribution is 7.91. The molecule has 8 heteroatoms. The van der Waals surface area contributed by atoms with Crippen molar-refractivity contribution in [1.82, 2.24) is 4.98 Å². The Morgan fingerprint density at radius 1 is 1.07 bits per heavy atom. The Hall–Kier alpha value is -3.00. The fourth-order valence-corrected chi connectivity index (χ4v) is 3.43. The molecule has 3 aromatic rings. The highest BCUT2D eigenvalue weighted by Gasteiger charge is 2.19. The number of hydrogen-bond acceptors (Lipinski definition) is 5. The van der Waals surface area contributed by atoms with Gasteiger partial charge in [0, 0.05) is 11.1 Å². The molecular weight excluding hydrogens is 373 g/mol. The van der Waals surface area contributed by atoms with Crippen LogP contribution in [0.1, 0.15) is 12.8 Å². The van der Waals surface area contributed by atoms with Gasteiger partial charge in [0.25, 0.3) is 0 Å². The Morgan fingerprint density at radius 3 is 2.22 bits per heavy atom. The minimum Gasteiger partial charge on any atom is -0.481 e. The van der Waals surface area contributed by atoms with Crippen molar-refractivity contribution < 1.29 is 27.1 Å². The second-order valence-electron chi connectivity index (χ2n) is 5.79. The van der Waals surface area contributed by atoms with Gasteiger partial charge >= 0.3 is 5.97 Å². The van der Waals surface area contributed by atoms with Gasteiger partial charge in [-0.2, -0.15) is 0 Å². The molecule has 0 atom stereocenters. The van der Waals surface area contributed by atoms with Crippen LogP contribution in [0.25, 0.3) is 22.6 Å². The summed E-state index contributed by atoms with van der Waals surface area (Å²) in [6, 6.07) is 11.6. The Balaban J connectivity index is 2.09. The van der Waals surface area contributed by atoms with Crippen LogP contribution in [0.5, 0.6) is 0 Å². The van der Waals surface area contributed by atoms with Crippen molar-refractivity contribution in [3.05, 3.63) is 60.2 Å². The zero-order chi connectivity index (χ0) is 19.6. The fourth-order valence-electron chi connectivity index (χ4n) is 2.55. The lowest BCUT2D eigenvalue weighted by Crippen LogP contribution is -2.03. The maximum atomic E-state index is 13.2. The third kappa shape index (κ3) is 4.06. The van der Waals surface area contributed by atoms with Crippen molar-refractivity contribution in [3.63, 3.8) is 0 Å². The molecule has 6 nitrogen and oxygen atoms in total. The van der Waals surface area contributed by atoms with Gasteiger partial charge in [-0.25, -0.2) is 17.8 Å². The molecule has 0 amide bonds. The van der Waals surface area contributed by atoms with Crippen LogP contribution in [0.15, 0.2) is 57.8 Å². The van der Waals surface area contributed by atoms with Gasteiger partial charge in [0.05, 0.1) is 10.6 Å². The number of aromatic nitrogens is 1. The van der Waals surface area contributed by atoms with Crippen LogP contribution in [0.3, 0.4) is 0 Å². The summed E-state index contributed by atoms with van der Waals surface area (Å²) in [5.41, 5.74) is 1.45. The fraction of sp³-hybridized carbons (Fsp3) is 0.158. The molecule has 0 aliphatic heterocycles. The molecule has 0 spiro atoms. The van der Waals surface area contributed by atoms with E-state index in [-0.39, 0.29) is 16.5 Å². The van der Waals surface area contributed by atoms with Crippen LogP contribution < -0.4 is 0 Å². The molecular formula is C19H16FNO5S. The molecule has 1 N–H and O–H groups in total. The van der Waals surface area contributed by atoms with Crippen LogP contribution in [0.2, 0.25) is 0 Å². The Labute approximate surface area is 155 Å². The van der Waals surface area contributed by atoms with E-state index < -0.39 is 28.0 Å². The molecule has 140 valence electrons. The van der Waals surface area contributed by atoms with Crippen LogP contribution >= 0.6 is 0 Å². The number of benzene rings is 2. The molecule has 0 aliphatic carbocycles. The Morgan fingerprint density at radius 2 is 1.67 bits per heavy atom. The van der Waals surface area contributed by atoms with Crippen LogP contribution in [0, 0.1) is 5.82 Å². The van der Waals surface area contributed by atoms with E-state index in [9.17, 15) is 17.6 Å². The first-order valence-electron chi connectivity index (χ1n) is 8.11. The third-order valence-electron chi connectivity index (χ3n) is 3.95. The summed E-state index contributed by atoms with van der Waals surface area (Å²) in [5.74, 6) is -1.24. The first-order valence-corrected chi connectivity index (χ1v) is 9.76. The molecule has 0 unspecified atom stereocenters. The van der Waals surface area contributed by atoms with Crippen molar-refractivity contribution in [2.45, 2.75) is 18.2 Å². The summed E-state index contributed by atoms with van der Waals surface area (Å²) in [6.45, 7) is 1.56. The zero-order valence-electron chi connectivity index (χ0n) is 14.3. The van der Waals surface area contributed by atoms with Gasteiger partial charge in [0.2, 0.25) is 5.89 Å². The van der Waals surface area contributed by atoms with Gasteiger partial charge in [-0.3, -0.25) is 4.79 Å². The number of nitrogens with zero attached hydrogens (tertiary/aromatic N) is 1. The number of hydrogen-bond donors (Lipinski definition) is 1. The lowest BCUT2D eigenvalue weighted by Gasteiger charge is -2.04. The quantitative estimate of drug-likeness (QED) is 0.692. The summed E-state index contributed by atoms with van der Waals surface area (Å²) >= 11 is 0. The minimum atomic E-state index is -3.34. The van der Waals surface area contributed by atoms with E-state index in [0.29, 0.717) is 22.6 Å². The largest absolute Gasteiger partial charge is 0.481 e. The summed E-state index contributed by atoms with van der Waals surface area (Å²) < 4.78 is 42.7. The second-order valence-corrected chi connectivity index (χ2v) is 8.07. The Bertz CT molecular complexity index is 1070. The number of carboxylic acids is 1. The Kier molecular flexibility index (Phi) is 5.09. The lowest BCUT2D eigenvalue weighted by atomic mass is 10.1. The van der Waals surface area contributed by atoms with Gasteiger partial charge in [-0.1, -0.05) is 6.92 Å². The number of aliphatic carboxylic acids is 1. The number of oxazole rings is 1. The van der Waals surface area contributed by atoms with E-state index >= 15 is 0 Å². The minimum absolute atomic E-state index is 0.00193. The molecule has 0 bridgehead atoms. The molecule has 27 heavy (non-hydrogen) atoms. The highest BCUT2D eigenvalue weighted by Crippen LogP contribution is 2.33. The smallest absolute Gasteiger partial charge is 0.312 e. The van der Waals surface area contributed by atoms with Gasteiger partial charge < -0.3 is 9.52 Å². The predicted molar refractivity (Wildman–Crippen MR) is 96.4 cm³/mol. The maximum absolute atomic E-state index is 13.2. The van der Waals surface area contributed by atoms with E-state index in [0.717, 1.165) is 0 Å². The molecule has 0 saturated carbocycles. The van der Waals surface area contributed by atoms with Crippen LogP contribution in [-0.4, -0.2) is 30.2 Å². The topological polar surface area (TPSA) is 97.5 Å². The van der Waals surface area contributed by atoms with E-state index in [1.54, 1.807) is 19.1 Å². The number of halogens is 1. The predicted octanol–water partition coefficient (Wildman–Crippen LogP) is 3.57. The monoisotopic (exact) mass is 389 g/mol. The maximum Gasteiger partial charge on any atom is 0.312 e. The van der Waals surface area contributed by atoms with E-state index in [4.69, 9.17) is 9.52 Å². The second kappa shape index (κ2) is 7.32. The number of carbonyl (C=O) groups is 1. The third-order valence-corrected chi connectivity index (χ3v) is 5.70. The standard InChI is InChI=1S/C19H16FNO5S/c1-2-27(24,25)15-9-5-13(6-10-15)19-18(12-3-7-14(20)8-4-12)21-16(26-19)11-17(22)23/h3-10H,2,11H2,1H3,(H,22,23). The zero-order valence-corrected chi connectivity index (χ0v) is 15.2. The first-order chi connectivity index (χ1) is 12.8. The lowest BCUT2D eigenvalue weighted by molar-refractivity contribution is -0.136. The number of carboxylic acid groups (broad SMARTS) is 1. The number of rotatable bonds is 6. The SMILES string of the molecule is CCS(=O)(=O)c1ccc(-c2oc(CC(=O)O)nc2-c2ccc(F)cc2)cc1. The average Bonchev–Trinajstić information content (AvgIpc) is 3.05. The molecule has 0 fully saturated rings. The molecule has 1 aromatic heterocycles. The molecule has 2 aromatic carbocycles. The van der Waals surface area contributed by atoms with Crippen molar-refractivity contribution in [2.75, 3.05) is 5.75 Å². The van der Waals surface area contributed by atoms with Crippen molar-refractivity contribution in [2.24, 2.45) is 0 Å². The molecule has 0 saturated heterocycles. The van der Waals surface area contributed by atoms with E-state index in [2.05, 4.69) is 4.98 Å². The summed E-state index contributed by atoms with van der Waals surface area (Å²) in [4.78, 5) is 15.4. The normalized spacial score (nSPS) is 11.5. The van der Waals surface area contributed by atoms with Crippen molar-refractivity contribution in [1.29, 1.82) is 0 Å². The van der Waals surface area contributed by atoms with Gasteiger partial charge in [-0.15, -0.1) is 0 Å². The first kappa shape index (κ1) is 18.8. The van der Waals surface area contributed by atoms with Crippen molar-refractivity contribution >= 4 is 15.8 Å². The van der Waals surface area contributed by atoms with Crippen LogP contribution in [0.4, 0.5) is 4.39 Å². The molecule has 0 aliphatic rings. The molecule has 1 heterocycles.